The lowest BCUT2D eigenvalue weighted by Crippen LogP contribution is -1.94. The average Bonchev–Trinajstić information content (AvgIpc) is 2.36. The van der Waals surface area contributed by atoms with Crippen molar-refractivity contribution in [3.8, 4) is 17.2 Å². The minimum atomic E-state index is 0.518. The van der Waals surface area contributed by atoms with Crippen molar-refractivity contribution >= 4 is 17.3 Å². The van der Waals surface area contributed by atoms with Crippen LogP contribution in [0.3, 0.4) is 0 Å². The van der Waals surface area contributed by atoms with E-state index in [9.17, 15) is 0 Å². The van der Waals surface area contributed by atoms with E-state index in [1.807, 2.05) is 25.1 Å². The molecule has 0 unspecified atom stereocenters. The van der Waals surface area contributed by atoms with Gasteiger partial charge < -0.3 is 15.2 Å². The minimum Gasteiger partial charge on any atom is -0.493 e. The third-order valence-electron chi connectivity index (χ3n) is 2.51. The number of nitrogen functional groups attached to an aromatic ring is 1. The Morgan fingerprint density at radius 2 is 1.78 bits per heavy atom. The van der Waals surface area contributed by atoms with E-state index < -0.39 is 0 Å². The lowest BCUT2D eigenvalue weighted by molar-refractivity contribution is 0.379. The third kappa shape index (κ3) is 2.68. The number of methoxy groups -OCH3 is 1. The first-order valence-electron chi connectivity index (χ1n) is 5.47. The van der Waals surface area contributed by atoms with Crippen LogP contribution in [-0.2, 0) is 0 Å². The third-order valence-corrected chi connectivity index (χ3v) is 2.75. The van der Waals surface area contributed by atoms with Crippen LogP contribution in [0.5, 0.6) is 17.2 Å². The largest absolute Gasteiger partial charge is 0.493 e. The number of aryl methyl sites for hydroxylation is 1. The van der Waals surface area contributed by atoms with Crippen molar-refractivity contribution in [2.45, 2.75) is 6.92 Å². The van der Waals surface area contributed by atoms with E-state index in [0.717, 1.165) is 5.56 Å². The van der Waals surface area contributed by atoms with Gasteiger partial charge in [-0.05, 0) is 36.8 Å². The molecule has 0 bridgehead atoms. The summed E-state index contributed by atoms with van der Waals surface area (Å²) in [6.07, 6.45) is 0. The highest BCUT2D eigenvalue weighted by Gasteiger charge is 2.08. The Kier molecular flexibility index (Phi) is 3.63. The molecule has 2 aromatic rings. The zero-order valence-corrected chi connectivity index (χ0v) is 11.0. The number of anilines is 1. The lowest BCUT2D eigenvalue weighted by atomic mass is 10.2. The molecule has 2 rings (SSSR count). The molecule has 0 heterocycles. The summed E-state index contributed by atoms with van der Waals surface area (Å²) in [6.45, 7) is 1.99. The molecule has 3 nitrogen and oxygen atoms in total. The summed E-state index contributed by atoms with van der Waals surface area (Å²) in [7, 11) is 1.60. The molecular weight excluding hydrogens is 250 g/mol. The normalized spacial score (nSPS) is 10.2. The van der Waals surface area contributed by atoms with Crippen LogP contribution in [0, 0.1) is 6.92 Å². The Balaban J connectivity index is 2.36. The van der Waals surface area contributed by atoms with Gasteiger partial charge in [-0.15, -0.1) is 0 Å². The van der Waals surface area contributed by atoms with Crippen molar-refractivity contribution in [3.63, 3.8) is 0 Å². The zero-order valence-electron chi connectivity index (χ0n) is 10.2. The van der Waals surface area contributed by atoms with Crippen LogP contribution in [-0.4, -0.2) is 7.11 Å². The number of rotatable bonds is 3. The number of hydrogen-bond acceptors (Lipinski definition) is 3. The van der Waals surface area contributed by atoms with Gasteiger partial charge in [-0.3, -0.25) is 0 Å². The fourth-order valence-corrected chi connectivity index (χ4v) is 1.74. The SMILES string of the molecule is COc1cc(C)ccc1Oc1cc(Cl)ccc1N. The first-order valence-corrected chi connectivity index (χ1v) is 5.85. The van der Waals surface area contributed by atoms with Crippen molar-refractivity contribution in [3.05, 3.63) is 47.0 Å². The van der Waals surface area contributed by atoms with Crippen LogP contribution in [0.25, 0.3) is 0 Å². The highest BCUT2D eigenvalue weighted by Crippen LogP contribution is 2.35. The van der Waals surface area contributed by atoms with Gasteiger partial charge in [0.15, 0.2) is 17.2 Å². The van der Waals surface area contributed by atoms with Gasteiger partial charge in [-0.25, -0.2) is 0 Å². The summed E-state index contributed by atoms with van der Waals surface area (Å²) in [4.78, 5) is 0. The fourth-order valence-electron chi connectivity index (χ4n) is 1.57. The molecule has 18 heavy (non-hydrogen) atoms. The van der Waals surface area contributed by atoms with Crippen LogP contribution in [0.15, 0.2) is 36.4 Å². The second-order valence-electron chi connectivity index (χ2n) is 3.94. The molecule has 0 aliphatic heterocycles. The van der Waals surface area contributed by atoms with Crippen molar-refractivity contribution in [2.75, 3.05) is 12.8 Å². The maximum Gasteiger partial charge on any atom is 0.169 e. The molecule has 0 amide bonds. The van der Waals surface area contributed by atoms with Gasteiger partial charge in [-0.1, -0.05) is 17.7 Å². The molecule has 2 aromatic carbocycles. The van der Waals surface area contributed by atoms with Crippen LogP contribution in [0.1, 0.15) is 5.56 Å². The maximum atomic E-state index is 5.92. The van der Waals surface area contributed by atoms with Gasteiger partial charge >= 0.3 is 0 Å². The molecule has 2 N–H and O–H groups in total. The Labute approximate surface area is 111 Å². The molecule has 0 fully saturated rings. The number of nitrogens with two attached hydrogens (primary N) is 1. The predicted octanol–water partition coefficient (Wildman–Crippen LogP) is 4.03. The van der Waals surface area contributed by atoms with E-state index in [2.05, 4.69) is 0 Å². The first-order chi connectivity index (χ1) is 8.60. The summed E-state index contributed by atoms with van der Waals surface area (Å²) >= 11 is 5.92. The van der Waals surface area contributed by atoms with E-state index >= 15 is 0 Å². The quantitative estimate of drug-likeness (QED) is 0.851. The maximum absolute atomic E-state index is 5.92. The molecule has 0 spiro atoms. The Hall–Kier alpha value is -1.87. The highest BCUT2D eigenvalue weighted by molar-refractivity contribution is 6.30. The van der Waals surface area contributed by atoms with Crippen molar-refractivity contribution < 1.29 is 9.47 Å². The summed E-state index contributed by atoms with van der Waals surface area (Å²) in [5.74, 6) is 1.79. The topological polar surface area (TPSA) is 44.5 Å². The monoisotopic (exact) mass is 263 g/mol. The molecule has 0 aliphatic rings. The Bertz CT molecular complexity index is 570. The van der Waals surface area contributed by atoms with Gasteiger partial charge in [0.25, 0.3) is 0 Å². The van der Waals surface area contributed by atoms with Crippen molar-refractivity contribution in [2.24, 2.45) is 0 Å². The molecule has 0 saturated carbocycles. The van der Waals surface area contributed by atoms with E-state index in [-0.39, 0.29) is 0 Å². The molecule has 0 radical (unpaired) electrons. The number of hydrogen-bond donors (Lipinski definition) is 1. The fraction of sp³-hybridized carbons (Fsp3) is 0.143. The first kappa shape index (κ1) is 12.6. The summed E-state index contributed by atoms with van der Waals surface area (Å²) in [5, 5.41) is 0.574. The molecule has 0 saturated heterocycles. The summed E-state index contributed by atoms with van der Waals surface area (Å²) in [6, 6.07) is 10.8. The number of halogens is 1. The Morgan fingerprint density at radius 3 is 2.50 bits per heavy atom. The lowest BCUT2D eigenvalue weighted by Gasteiger charge is -2.12. The number of benzene rings is 2. The average molecular weight is 264 g/mol. The van der Waals surface area contributed by atoms with E-state index in [4.69, 9.17) is 26.8 Å². The van der Waals surface area contributed by atoms with E-state index in [1.54, 1.807) is 25.3 Å². The van der Waals surface area contributed by atoms with Crippen molar-refractivity contribution in [1.29, 1.82) is 0 Å². The van der Waals surface area contributed by atoms with Crippen LogP contribution < -0.4 is 15.2 Å². The molecular formula is C14H14ClNO2. The second-order valence-corrected chi connectivity index (χ2v) is 4.37. The minimum absolute atomic E-state index is 0.518. The van der Waals surface area contributed by atoms with Gasteiger partial charge in [0.1, 0.15) is 0 Å². The summed E-state index contributed by atoms with van der Waals surface area (Å²) in [5.41, 5.74) is 7.46. The zero-order chi connectivity index (χ0) is 13.1. The highest BCUT2D eigenvalue weighted by atomic mass is 35.5. The van der Waals surface area contributed by atoms with E-state index in [0.29, 0.717) is 28.0 Å². The van der Waals surface area contributed by atoms with Gasteiger partial charge in [0.2, 0.25) is 0 Å². The molecule has 0 atom stereocenters. The summed E-state index contributed by atoms with van der Waals surface area (Å²) < 4.78 is 11.0. The molecule has 94 valence electrons. The van der Waals surface area contributed by atoms with Crippen molar-refractivity contribution in [1.82, 2.24) is 0 Å². The molecule has 4 heteroatoms. The van der Waals surface area contributed by atoms with Gasteiger partial charge in [0, 0.05) is 11.1 Å². The molecule has 0 aliphatic carbocycles. The number of ether oxygens (including phenoxy) is 2. The smallest absolute Gasteiger partial charge is 0.169 e. The van der Waals surface area contributed by atoms with Crippen LogP contribution in [0.2, 0.25) is 5.02 Å². The molecule has 0 aromatic heterocycles. The van der Waals surface area contributed by atoms with Gasteiger partial charge in [0.05, 0.1) is 12.8 Å². The second kappa shape index (κ2) is 5.19. The van der Waals surface area contributed by atoms with Crippen LogP contribution >= 0.6 is 11.6 Å². The standard InChI is InChI=1S/C14H14ClNO2/c1-9-3-6-12(14(7-9)17-2)18-13-8-10(15)4-5-11(13)16/h3-8H,16H2,1-2H3. The van der Waals surface area contributed by atoms with Gasteiger partial charge in [-0.2, -0.15) is 0 Å². The van der Waals surface area contributed by atoms with E-state index in [1.165, 1.54) is 0 Å². The van der Waals surface area contributed by atoms with Crippen LogP contribution in [0.4, 0.5) is 5.69 Å². The Morgan fingerprint density at radius 1 is 1.00 bits per heavy atom. The predicted molar refractivity (Wildman–Crippen MR) is 73.7 cm³/mol.